The summed E-state index contributed by atoms with van der Waals surface area (Å²) < 4.78 is 11.3. The Hall–Kier alpha value is -19.6. The highest BCUT2D eigenvalue weighted by atomic mass is 32.1. The quantitative estimate of drug-likeness (QED) is 0.0890. The third kappa shape index (κ3) is 16.9. The maximum atomic E-state index is 6.51. The van der Waals surface area contributed by atoms with Crippen LogP contribution in [0.25, 0.3) is 286 Å². The van der Waals surface area contributed by atoms with Crippen molar-refractivity contribution in [2.24, 2.45) is 0 Å². The Morgan fingerprint density at radius 3 is 0.799 bits per heavy atom. The summed E-state index contributed by atoms with van der Waals surface area (Å²) in [5.74, 6) is 5.63. The van der Waals surface area contributed by atoms with E-state index in [4.69, 9.17) is 64.2 Å². The first-order valence-electron chi connectivity index (χ1n) is 49.5. The Morgan fingerprint density at radius 1 is 0.154 bits per heavy atom. The molecular formula is C134H82N12OS2. The molecule has 149 heavy (non-hydrogen) atoms. The number of fused-ring (bicyclic) bond motifs is 16. The second-order valence-corrected chi connectivity index (χ2v) is 38.9. The summed E-state index contributed by atoms with van der Waals surface area (Å²) in [6.07, 6.45) is 5.71. The van der Waals surface area contributed by atoms with Gasteiger partial charge >= 0.3 is 0 Å². The molecule has 696 valence electrons. The van der Waals surface area contributed by atoms with E-state index in [1.54, 1.807) is 22.7 Å². The van der Waals surface area contributed by atoms with Crippen molar-refractivity contribution in [3.05, 3.63) is 498 Å². The molecule has 0 atom stereocenters. The van der Waals surface area contributed by atoms with Gasteiger partial charge in [-0.15, -0.1) is 22.7 Å². The second-order valence-electron chi connectivity index (χ2n) is 36.8. The minimum absolute atomic E-state index is 0.589. The van der Waals surface area contributed by atoms with Crippen LogP contribution in [-0.4, -0.2) is 59.8 Å². The monoisotopic (exact) mass is 1940 g/mol. The number of hydrogen-bond donors (Lipinski definition) is 0. The van der Waals surface area contributed by atoms with Gasteiger partial charge in [0.05, 0.1) is 20.4 Å². The van der Waals surface area contributed by atoms with E-state index in [9.17, 15) is 0 Å². The molecule has 0 bridgehead atoms. The lowest BCUT2D eigenvalue weighted by molar-refractivity contribution is 0.669. The number of furan rings is 1. The first-order chi connectivity index (χ1) is 73.8. The third-order valence-corrected chi connectivity index (χ3v) is 30.0. The van der Waals surface area contributed by atoms with E-state index >= 15 is 0 Å². The van der Waals surface area contributed by atoms with Crippen LogP contribution in [0.1, 0.15) is 0 Å². The van der Waals surface area contributed by atoms with Crippen LogP contribution in [0.15, 0.2) is 502 Å². The number of nitrogens with zero attached hydrogens (tertiary/aromatic N) is 12. The van der Waals surface area contributed by atoms with Crippen molar-refractivity contribution in [2.45, 2.75) is 0 Å². The fraction of sp³-hybridized carbons (Fsp3) is 0. The largest absolute Gasteiger partial charge is 0.454 e. The van der Waals surface area contributed by atoms with Gasteiger partial charge in [-0.3, -0.25) is 15.0 Å². The van der Waals surface area contributed by atoms with E-state index in [-0.39, 0.29) is 0 Å². The number of aromatic nitrogens is 12. The maximum Gasteiger partial charge on any atom is 0.164 e. The zero-order valence-corrected chi connectivity index (χ0v) is 81.6. The molecule has 0 fully saturated rings. The van der Waals surface area contributed by atoms with E-state index in [2.05, 4.69) is 273 Å². The van der Waals surface area contributed by atoms with Crippen LogP contribution in [0.5, 0.6) is 0 Å². The van der Waals surface area contributed by atoms with Gasteiger partial charge in [0.25, 0.3) is 0 Å². The number of thiophene rings is 2. The van der Waals surface area contributed by atoms with Gasteiger partial charge in [0.1, 0.15) is 11.1 Å². The van der Waals surface area contributed by atoms with Crippen molar-refractivity contribution in [3.63, 3.8) is 0 Å². The minimum atomic E-state index is 0.589. The summed E-state index contributed by atoms with van der Waals surface area (Å²) in [4.78, 5) is 60.0. The number of pyridine rings is 3. The van der Waals surface area contributed by atoms with Gasteiger partial charge in [-0.2, -0.15) is 0 Å². The molecule has 0 N–H and O–H groups in total. The van der Waals surface area contributed by atoms with Gasteiger partial charge in [-0.1, -0.05) is 370 Å². The van der Waals surface area contributed by atoms with Crippen molar-refractivity contribution >= 4 is 139 Å². The lowest BCUT2D eigenvalue weighted by atomic mass is 9.90. The summed E-state index contributed by atoms with van der Waals surface area (Å²) in [6, 6.07) is 166. The predicted octanol–water partition coefficient (Wildman–Crippen LogP) is 35.2. The van der Waals surface area contributed by atoms with Crippen molar-refractivity contribution in [1.82, 2.24) is 59.8 Å². The zero-order valence-electron chi connectivity index (χ0n) is 79.9. The molecule has 0 amide bonds. The number of hydrogen-bond acceptors (Lipinski definition) is 15. The van der Waals surface area contributed by atoms with Crippen LogP contribution >= 0.6 is 22.7 Å². The molecule has 29 rings (SSSR count). The molecule has 0 aliphatic rings. The highest BCUT2D eigenvalue weighted by Crippen LogP contribution is 2.49. The molecule has 0 unspecified atom stereocenters. The molecular weight excluding hydrogens is 1860 g/mol. The van der Waals surface area contributed by atoms with E-state index < -0.39 is 0 Å². The SMILES string of the molecule is c1ccc(-c2nc(-c3ccccc3)nc(-c3cc(-c4cc5ccccc5c5ccccc45)cc(-c4ccnc5c4oc4ccccc45)c3)n2)cc1.c1ccc(-c2nc(-c3ccccc3)nc(-c3cc(-c4cc5ccccc5c5ccccc45)cc(-c4ccnc5c4sc4ccccc45)c3)n2)cc1.c1ccc(-c2nc(-c3ccccc3)nc(-c3cc(-c4cccc5ccccc45)cc(-c4ccnc5c4sc4ccccc45)c3)n2)cc1. The Kier molecular flexibility index (Phi) is 22.7. The van der Waals surface area contributed by atoms with E-state index in [0.717, 1.165) is 155 Å². The third-order valence-electron chi connectivity index (χ3n) is 27.6. The average Bonchev–Trinajstić information content (AvgIpc) is 1.74. The van der Waals surface area contributed by atoms with Gasteiger partial charge in [-0.25, -0.2) is 44.9 Å². The van der Waals surface area contributed by atoms with E-state index in [1.807, 2.05) is 225 Å². The Morgan fingerprint density at radius 2 is 0.416 bits per heavy atom. The van der Waals surface area contributed by atoms with Gasteiger partial charge in [0.15, 0.2) is 58.0 Å². The van der Waals surface area contributed by atoms with Gasteiger partial charge in [0.2, 0.25) is 0 Å². The molecule has 9 heterocycles. The second kappa shape index (κ2) is 38.3. The first-order valence-corrected chi connectivity index (χ1v) is 51.1. The maximum absolute atomic E-state index is 6.51. The van der Waals surface area contributed by atoms with Crippen LogP contribution in [-0.2, 0) is 0 Å². The highest BCUT2D eigenvalue weighted by Gasteiger charge is 2.26. The topological polar surface area (TPSA) is 168 Å². The van der Waals surface area contributed by atoms with Crippen molar-refractivity contribution in [2.75, 3.05) is 0 Å². The smallest absolute Gasteiger partial charge is 0.164 e. The molecule has 0 radical (unpaired) electrons. The summed E-state index contributed by atoms with van der Waals surface area (Å²) >= 11 is 3.57. The molecule has 15 heteroatoms. The van der Waals surface area contributed by atoms with Crippen LogP contribution in [0.2, 0.25) is 0 Å². The fourth-order valence-corrected chi connectivity index (χ4v) is 23.0. The minimum Gasteiger partial charge on any atom is -0.454 e. The average molecular weight is 1940 g/mol. The van der Waals surface area contributed by atoms with Gasteiger partial charge < -0.3 is 4.42 Å². The van der Waals surface area contributed by atoms with Crippen LogP contribution in [0.4, 0.5) is 0 Å². The van der Waals surface area contributed by atoms with Crippen LogP contribution in [0.3, 0.4) is 0 Å². The van der Waals surface area contributed by atoms with Gasteiger partial charge in [0, 0.05) is 111 Å². The van der Waals surface area contributed by atoms with Gasteiger partial charge in [-0.05, 0) is 213 Å². The Labute approximate surface area is 864 Å². The van der Waals surface area contributed by atoms with Crippen molar-refractivity contribution in [1.29, 1.82) is 0 Å². The molecule has 0 saturated heterocycles. The summed E-state index contributed by atoms with van der Waals surface area (Å²) in [7, 11) is 0. The molecule has 9 aromatic heterocycles. The number of para-hydroxylation sites is 1. The zero-order chi connectivity index (χ0) is 98.6. The van der Waals surface area contributed by atoms with Crippen LogP contribution in [0, 0.1) is 0 Å². The molecule has 0 spiro atoms. The highest BCUT2D eigenvalue weighted by molar-refractivity contribution is 7.26. The molecule has 0 aliphatic carbocycles. The fourth-order valence-electron chi connectivity index (χ4n) is 20.6. The molecule has 13 nitrogen and oxygen atoms in total. The summed E-state index contributed by atoms with van der Waals surface area (Å²) in [5.41, 5.74) is 25.8. The normalized spacial score (nSPS) is 11.5. The molecule has 20 aromatic carbocycles. The van der Waals surface area contributed by atoms with Crippen molar-refractivity contribution in [3.8, 4) is 169 Å². The predicted molar refractivity (Wildman–Crippen MR) is 615 cm³/mol. The van der Waals surface area contributed by atoms with E-state index in [0.29, 0.717) is 52.4 Å². The number of benzene rings is 20. The first kappa shape index (κ1) is 88.4. The van der Waals surface area contributed by atoms with Crippen molar-refractivity contribution < 1.29 is 4.42 Å². The van der Waals surface area contributed by atoms with Crippen LogP contribution < -0.4 is 0 Å². The summed E-state index contributed by atoms with van der Waals surface area (Å²) in [5, 5.41) is 15.4. The molecule has 0 aliphatic heterocycles. The van der Waals surface area contributed by atoms with E-state index in [1.165, 1.54) is 78.7 Å². The Bertz CT molecular complexity index is 9680. The molecule has 29 aromatic rings. The molecule has 0 saturated carbocycles. The lowest BCUT2D eigenvalue weighted by Crippen LogP contribution is -2.00. The number of rotatable bonds is 15. The summed E-state index contributed by atoms with van der Waals surface area (Å²) in [6.45, 7) is 0. The Balaban J connectivity index is 0.000000110. The lowest BCUT2D eigenvalue weighted by Gasteiger charge is -2.15. The standard InChI is InChI=1S/C46H28N4O.C46H28N4S.C42H26N4S/c2*1-3-13-29(14-4-1)44-48-45(30-15-5-2-6-16-30)50-46(49-44)34-26-32(36-23-24-47-42-39-21-11-12-22-41(39)51-43(36)42)25-33(27-34)40-28-31-17-7-8-18-35(31)37-19-9-10-20-38(37)40;1-3-13-28(14-4-1)40-44-41(29-15-5-2-6-16-29)46-42(45-40)32-25-30(34-20-11-17-27-12-7-8-18-33(27)34)24-31(26-32)35-22-23-43-38-36-19-9-10-21-37(36)47-39(35)38/h2*1-28H;1-26H.